The minimum atomic E-state index is -0.378. The number of hydrogen-bond donors (Lipinski definition) is 2. The predicted molar refractivity (Wildman–Crippen MR) is 67.5 cm³/mol. The van der Waals surface area contributed by atoms with E-state index >= 15 is 0 Å². The fourth-order valence-corrected chi connectivity index (χ4v) is 2.00. The van der Waals surface area contributed by atoms with E-state index in [1.165, 1.54) is 4.90 Å². The van der Waals surface area contributed by atoms with Crippen molar-refractivity contribution in [2.45, 2.75) is 25.8 Å². The van der Waals surface area contributed by atoms with E-state index in [9.17, 15) is 14.4 Å². The molecular formula is C13H15N3O3. The van der Waals surface area contributed by atoms with Crippen molar-refractivity contribution in [1.29, 1.82) is 0 Å². The van der Waals surface area contributed by atoms with Crippen LogP contribution in [0.1, 0.15) is 35.2 Å². The van der Waals surface area contributed by atoms with Gasteiger partial charge in [0.05, 0.1) is 6.54 Å². The third-order valence-electron chi connectivity index (χ3n) is 3.07. The van der Waals surface area contributed by atoms with Gasteiger partial charge in [0, 0.05) is 18.4 Å². The number of nitrogen functional groups attached to an aromatic ring is 1. The normalized spacial score (nSPS) is 15.5. The first-order chi connectivity index (χ1) is 9.11. The molecule has 1 aliphatic heterocycles. The van der Waals surface area contributed by atoms with Crippen molar-refractivity contribution in [3.05, 3.63) is 35.4 Å². The second-order valence-corrected chi connectivity index (χ2v) is 4.40. The monoisotopic (exact) mass is 261 g/mol. The molecule has 0 atom stereocenters. The number of carbonyl (C=O) groups excluding carboxylic acids is 3. The molecule has 1 heterocycles. The number of rotatable bonds is 3. The Balaban J connectivity index is 2.08. The van der Waals surface area contributed by atoms with Crippen molar-refractivity contribution in [3.8, 4) is 0 Å². The minimum Gasteiger partial charge on any atom is -0.290 e. The third kappa shape index (κ3) is 2.97. The van der Waals surface area contributed by atoms with Gasteiger partial charge in [-0.15, -0.1) is 0 Å². The zero-order valence-electron chi connectivity index (χ0n) is 10.4. The molecule has 1 aliphatic rings. The van der Waals surface area contributed by atoms with Crippen molar-refractivity contribution in [3.63, 3.8) is 0 Å². The molecule has 0 saturated carbocycles. The number of benzene rings is 1. The van der Waals surface area contributed by atoms with Gasteiger partial charge < -0.3 is 0 Å². The van der Waals surface area contributed by atoms with E-state index in [0.29, 0.717) is 24.8 Å². The second kappa shape index (κ2) is 5.62. The fraction of sp³-hybridized carbons (Fsp3) is 0.308. The molecule has 100 valence electrons. The molecule has 0 radical (unpaired) electrons. The third-order valence-corrected chi connectivity index (χ3v) is 3.07. The van der Waals surface area contributed by atoms with Gasteiger partial charge in [0.15, 0.2) is 0 Å². The molecule has 0 aromatic heterocycles. The van der Waals surface area contributed by atoms with Crippen LogP contribution in [0.2, 0.25) is 0 Å². The lowest BCUT2D eigenvalue weighted by atomic mass is 10.1. The Labute approximate surface area is 110 Å². The fourth-order valence-electron chi connectivity index (χ4n) is 2.00. The van der Waals surface area contributed by atoms with Crippen LogP contribution in [0.25, 0.3) is 0 Å². The van der Waals surface area contributed by atoms with Gasteiger partial charge in [0.1, 0.15) is 0 Å². The quantitative estimate of drug-likeness (QED) is 0.355. The summed E-state index contributed by atoms with van der Waals surface area (Å²) in [6.07, 6.45) is 1.46. The van der Waals surface area contributed by atoms with Crippen molar-refractivity contribution in [1.82, 2.24) is 10.3 Å². The number of nitrogens with one attached hydrogen (secondary N) is 1. The number of imide groups is 1. The summed E-state index contributed by atoms with van der Waals surface area (Å²) in [4.78, 5) is 35.8. The number of hydrazine groups is 1. The highest BCUT2D eigenvalue weighted by Gasteiger charge is 2.25. The molecule has 1 saturated heterocycles. The highest BCUT2D eigenvalue weighted by molar-refractivity contribution is 5.97. The van der Waals surface area contributed by atoms with E-state index < -0.39 is 0 Å². The number of piperidine rings is 1. The second-order valence-electron chi connectivity index (χ2n) is 4.40. The summed E-state index contributed by atoms with van der Waals surface area (Å²) in [6.45, 7) is 0.252. The molecule has 1 fully saturated rings. The van der Waals surface area contributed by atoms with Crippen molar-refractivity contribution in [2.75, 3.05) is 0 Å². The zero-order chi connectivity index (χ0) is 13.8. The van der Waals surface area contributed by atoms with Crippen LogP contribution in [-0.4, -0.2) is 22.6 Å². The van der Waals surface area contributed by atoms with Crippen molar-refractivity contribution < 1.29 is 14.4 Å². The van der Waals surface area contributed by atoms with Gasteiger partial charge in [-0.2, -0.15) is 0 Å². The molecule has 0 aliphatic carbocycles. The Hall–Kier alpha value is -2.21. The molecule has 2 rings (SSSR count). The molecule has 0 bridgehead atoms. The number of nitrogens with zero attached hydrogens (tertiary/aromatic N) is 1. The molecule has 1 aromatic rings. The largest absolute Gasteiger partial charge is 0.290 e. The molecule has 0 spiro atoms. The molecule has 6 nitrogen and oxygen atoms in total. The van der Waals surface area contributed by atoms with E-state index in [1.807, 2.05) is 5.43 Å². The van der Waals surface area contributed by atoms with Gasteiger partial charge in [-0.05, 0) is 24.1 Å². The van der Waals surface area contributed by atoms with Crippen LogP contribution in [0.5, 0.6) is 0 Å². The highest BCUT2D eigenvalue weighted by Crippen LogP contribution is 2.16. The van der Waals surface area contributed by atoms with E-state index in [-0.39, 0.29) is 24.3 Å². The summed E-state index contributed by atoms with van der Waals surface area (Å²) < 4.78 is 0. The van der Waals surface area contributed by atoms with Crippen molar-refractivity contribution in [2.24, 2.45) is 5.84 Å². The molecule has 1 aromatic carbocycles. The predicted octanol–water partition coefficient (Wildman–Crippen LogP) is 0.329. The van der Waals surface area contributed by atoms with Crippen LogP contribution in [0.15, 0.2) is 24.3 Å². The van der Waals surface area contributed by atoms with Gasteiger partial charge in [-0.25, -0.2) is 5.84 Å². The highest BCUT2D eigenvalue weighted by atomic mass is 16.2. The number of likely N-dealkylation sites (tertiary alicyclic amines) is 1. The Morgan fingerprint density at radius 2 is 1.74 bits per heavy atom. The Kier molecular flexibility index (Phi) is 3.91. The van der Waals surface area contributed by atoms with Gasteiger partial charge in [-0.1, -0.05) is 12.1 Å². The first kappa shape index (κ1) is 13.2. The first-order valence-corrected chi connectivity index (χ1v) is 6.05. The van der Waals surface area contributed by atoms with Gasteiger partial charge >= 0.3 is 0 Å². The standard InChI is InChI=1S/C13H15N3O3/c14-15-13(19)10-6-4-9(5-7-10)8-16-11(17)2-1-3-12(16)18/h4-7H,1-3,8,14H2,(H,15,19). The molecule has 3 N–H and O–H groups in total. The Morgan fingerprint density at radius 1 is 1.16 bits per heavy atom. The van der Waals surface area contributed by atoms with Gasteiger partial charge in [-0.3, -0.25) is 24.7 Å². The summed E-state index contributed by atoms with van der Waals surface area (Å²) in [5.41, 5.74) is 3.27. The van der Waals surface area contributed by atoms with Gasteiger partial charge in [0.25, 0.3) is 5.91 Å². The lowest BCUT2D eigenvalue weighted by molar-refractivity contribution is -0.148. The van der Waals surface area contributed by atoms with E-state index in [4.69, 9.17) is 5.84 Å². The van der Waals surface area contributed by atoms with Gasteiger partial charge in [0.2, 0.25) is 11.8 Å². The average molecular weight is 261 g/mol. The van der Waals surface area contributed by atoms with E-state index in [1.54, 1.807) is 24.3 Å². The first-order valence-electron chi connectivity index (χ1n) is 6.05. The molecular weight excluding hydrogens is 246 g/mol. The maximum atomic E-state index is 11.7. The SMILES string of the molecule is NNC(=O)c1ccc(CN2C(=O)CCCC2=O)cc1. The summed E-state index contributed by atoms with van der Waals surface area (Å²) in [6, 6.07) is 6.63. The van der Waals surface area contributed by atoms with Crippen LogP contribution in [0, 0.1) is 0 Å². The number of amides is 3. The van der Waals surface area contributed by atoms with Crippen LogP contribution in [-0.2, 0) is 16.1 Å². The smallest absolute Gasteiger partial charge is 0.265 e. The van der Waals surface area contributed by atoms with Crippen LogP contribution in [0.4, 0.5) is 0 Å². The molecule has 0 unspecified atom stereocenters. The lowest BCUT2D eigenvalue weighted by Gasteiger charge is -2.24. The molecule has 19 heavy (non-hydrogen) atoms. The average Bonchev–Trinajstić information content (AvgIpc) is 2.43. The lowest BCUT2D eigenvalue weighted by Crippen LogP contribution is -2.39. The maximum Gasteiger partial charge on any atom is 0.265 e. The summed E-state index contributed by atoms with van der Waals surface area (Å²) in [5, 5.41) is 0. The summed E-state index contributed by atoms with van der Waals surface area (Å²) >= 11 is 0. The molecule has 6 heteroatoms. The van der Waals surface area contributed by atoms with Crippen molar-refractivity contribution >= 4 is 17.7 Å². The summed E-state index contributed by atoms with van der Waals surface area (Å²) in [5.74, 6) is 4.38. The maximum absolute atomic E-state index is 11.7. The zero-order valence-corrected chi connectivity index (χ0v) is 10.4. The van der Waals surface area contributed by atoms with Crippen LogP contribution in [0.3, 0.4) is 0 Å². The molecule has 3 amide bonds. The number of nitrogens with two attached hydrogens (primary N) is 1. The number of hydrogen-bond acceptors (Lipinski definition) is 4. The Morgan fingerprint density at radius 3 is 2.26 bits per heavy atom. The Bertz CT molecular complexity index is 494. The van der Waals surface area contributed by atoms with Crippen LogP contribution >= 0.6 is 0 Å². The topological polar surface area (TPSA) is 92.5 Å². The number of carbonyl (C=O) groups is 3. The van der Waals surface area contributed by atoms with E-state index in [0.717, 1.165) is 5.56 Å². The van der Waals surface area contributed by atoms with E-state index in [2.05, 4.69) is 0 Å². The minimum absolute atomic E-state index is 0.139. The van der Waals surface area contributed by atoms with Crippen LogP contribution < -0.4 is 11.3 Å². The summed E-state index contributed by atoms with van der Waals surface area (Å²) in [7, 11) is 0.